The van der Waals surface area contributed by atoms with E-state index in [1.807, 2.05) is 0 Å². The molecule has 126 valence electrons. The predicted octanol–water partition coefficient (Wildman–Crippen LogP) is 2.46. The first-order chi connectivity index (χ1) is 11.3. The van der Waals surface area contributed by atoms with Crippen molar-refractivity contribution in [2.45, 2.75) is 18.0 Å². The number of fused-ring (bicyclic) bond motifs is 1. The van der Waals surface area contributed by atoms with Gasteiger partial charge in [0.05, 0.1) is 5.69 Å². The molecule has 1 unspecified atom stereocenters. The average Bonchev–Trinajstić information content (AvgIpc) is 2.49. The Morgan fingerprint density at radius 1 is 1.25 bits per heavy atom. The molecule has 1 atom stereocenters. The predicted molar refractivity (Wildman–Crippen MR) is 89.0 cm³/mol. The third-order valence-electron chi connectivity index (χ3n) is 3.52. The standard InChI is InChI=1S/C15H13ClFN3O3S/c1-8-2-3-9(16)6-11(8)19-15(21)14-18-12-7-10(17)4-5-13(12)24(22,23)20-14/h2-7,14,18,20H,1H3,(H,19,21). The normalized spacial score (nSPS) is 18.4. The second-order valence-electron chi connectivity index (χ2n) is 5.29. The average molecular weight is 370 g/mol. The minimum atomic E-state index is -3.93. The number of aryl methyl sites for hydroxylation is 1. The molecule has 1 aliphatic rings. The molecule has 1 amide bonds. The van der Waals surface area contributed by atoms with E-state index in [9.17, 15) is 17.6 Å². The summed E-state index contributed by atoms with van der Waals surface area (Å²) in [5, 5.41) is 5.70. The smallest absolute Gasteiger partial charge is 0.262 e. The van der Waals surface area contributed by atoms with Crippen LogP contribution in [0.3, 0.4) is 0 Å². The number of hydrogen-bond donors (Lipinski definition) is 3. The second kappa shape index (κ2) is 6.04. The summed E-state index contributed by atoms with van der Waals surface area (Å²) < 4.78 is 40.0. The van der Waals surface area contributed by atoms with Crippen molar-refractivity contribution in [2.24, 2.45) is 0 Å². The van der Waals surface area contributed by atoms with Crippen LogP contribution in [-0.4, -0.2) is 20.5 Å². The lowest BCUT2D eigenvalue weighted by molar-refractivity contribution is -0.117. The number of nitrogens with one attached hydrogen (secondary N) is 3. The summed E-state index contributed by atoms with van der Waals surface area (Å²) in [7, 11) is -3.93. The van der Waals surface area contributed by atoms with Crippen molar-refractivity contribution in [1.29, 1.82) is 0 Å². The van der Waals surface area contributed by atoms with Crippen molar-refractivity contribution in [3.05, 3.63) is 52.8 Å². The molecule has 0 radical (unpaired) electrons. The van der Waals surface area contributed by atoms with E-state index in [4.69, 9.17) is 11.6 Å². The Kier molecular flexibility index (Phi) is 4.20. The van der Waals surface area contributed by atoms with Gasteiger partial charge in [-0.2, -0.15) is 4.72 Å². The molecule has 0 aromatic heterocycles. The van der Waals surface area contributed by atoms with Gasteiger partial charge in [-0.15, -0.1) is 0 Å². The molecular formula is C15H13ClFN3O3S. The summed E-state index contributed by atoms with van der Waals surface area (Å²) in [5.74, 6) is -1.25. The van der Waals surface area contributed by atoms with Gasteiger partial charge in [0.2, 0.25) is 10.0 Å². The zero-order valence-electron chi connectivity index (χ0n) is 12.4. The van der Waals surface area contributed by atoms with Crippen LogP contribution in [0.25, 0.3) is 0 Å². The zero-order valence-corrected chi connectivity index (χ0v) is 14.0. The summed E-state index contributed by atoms with van der Waals surface area (Å²) in [6.07, 6.45) is -1.28. The van der Waals surface area contributed by atoms with Crippen LogP contribution in [0, 0.1) is 12.7 Å². The Balaban J connectivity index is 1.88. The van der Waals surface area contributed by atoms with Gasteiger partial charge in [0.25, 0.3) is 5.91 Å². The molecule has 0 saturated carbocycles. The second-order valence-corrected chi connectivity index (χ2v) is 7.41. The fourth-order valence-electron chi connectivity index (χ4n) is 2.31. The van der Waals surface area contributed by atoms with E-state index >= 15 is 0 Å². The monoisotopic (exact) mass is 369 g/mol. The highest BCUT2D eigenvalue weighted by Gasteiger charge is 2.33. The third-order valence-corrected chi connectivity index (χ3v) is 5.24. The molecule has 6 nitrogen and oxygen atoms in total. The van der Waals surface area contributed by atoms with Crippen LogP contribution in [0.5, 0.6) is 0 Å². The number of amides is 1. The molecule has 0 fully saturated rings. The van der Waals surface area contributed by atoms with Crippen LogP contribution >= 0.6 is 11.6 Å². The van der Waals surface area contributed by atoms with Gasteiger partial charge in [0.1, 0.15) is 10.7 Å². The SMILES string of the molecule is Cc1ccc(Cl)cc1NC(=O)C1Nc2cc(F)ccc2S(=O)(=O)N1. The summed E-state index contributed by atoms with van der Waals surface area (Å²) in [6.45, 7) is 1.77. The van der Waals surface area contributed by atoms with Crippen molar-refractivity contribution in [1.82, 2.24) is 4.72 Å². The molecular weight excluding hydrogens is 357 g/mol. The first-order valence-electron chi connectivity index (χ1n) is 6.92. The van der Waals surface area contributed by atoms with E-state index in [1.165, 1.54) is 0 Å². The zero-order chi connectivity index (χ0) is 17.5. The van der Waals surface area contributed by atoms with Gasteiger partial charge in [-0.3, -0.25) is 4.79 Å². The minimum Gasteiger partial charge on any atom is -0.360 e. The van der Waals surface area contributed by atoms with E-state index in [0.29, 0.717) is 10.7 Å². The quantitative estimate of drug-likeness (QED) is 0.758. The van der Waals surface area contributed by atoms with Crippen molar-refractivity contribution < 1.29 is 17.6 Å². The van der Waals surface area contributed by atoms with Crippen molar-refractivity contribution >= 4 is 38.9 Å². The number of halogens is 2. The van der Waals surface area contributed by atoms with Crippen LogP contribution in [0.4, 0.5) is 15.8 Å². The Morgan fingerprint density at radius 2 is 2.00 bits per heavy atom. The third kappa shape index (κ3) is 3.21. The van der Waals surface area contributed by atoms with E-state index in [-0.39, 0.29) is 10.6 Å². The number of carbonyl (C=O) groups excluding carboxylic acids is 1. The lowest BCUT2D eigenvalue weighted by Crippen LogP contribution is -2.51. The minimum absolute atomic E-state index is 0.0247. The first-order valence-corrected chi connectivity index (χ1v) is 8.78. The Morgan fingerprint density at radius 3 is 2.75 bits per heavy atom. The van der Waals surface area contributed by atoms with Gasteiger partial charge >= 0.3 is 0 Å². The molecule has 1 heterocycles. The molecule has 24 heavy (non-hydrogen) atoms. The van der Waals surface area contributed by atoms with Gasteiger partial charge in [0, 0.05) is 10.7 Å². The molecule has 2 aromatic carbocycles. The number of benzene rings is 2. The lowest BCUT2D eigenvalue weighted by Gasteiger charge is -2.27. The molecule has 0 bridgehead atoms. The maximum absolute atomic E-state index is 13.3. The van der Waals surface area contributed by atoms with E-state index < -0.39 is 27.9 Å². The van der Waals surface area contributed by atoms with Gasteiger partial charge in [-0.1, -0.05) is 17.7 Å². The fraction of sp³-hybridized carbons (Fsp3) is 0.133. The van der Waals surface area contributed by atoms with Gasteiger partial charge < -0.3 is 10.6 Å². The molecule has 1 aliphatic heterocycles. The van der Waals surface area contributed by atoms with E-state index in [0.717, 1.165) is 23.8 Å². The highest BCUT2D eigenvalue weighted by molar-refractivity contribution is 7.89. The first kappa shape index (κ1) is 16.7. The maximum Gasteiger partial charge on any atom is 0.262 e. The molecule has 0 saturated heterocycles. The molecule has 3 rings (SSSR count). The summed E-state index contributed by atoms with van der Waals surface area (Å²) in [5.41, 5.74) is 1.24. The van der Waals surface area contributed by atoms with Gasteiger partial charge in [-0.05, 0) is 42.8 Å². The molecule has 0 aliphatic carbocycles. The lowest BCUT2D eigenvalue weighted by atomic mass is 10.2. The Bertz CT molecular complexity index is 934. The number of anilines is 2. The van der Waals surface area contributed by atoms with Gasteiger partial charge in [-0.25, -0.2) is 12.8 Å². The van der Waals surface area contributed by atoms with Crippen molar-refractivity contribution in [3.63, 3.8) is 0 Å². The molecule has 3 N–H and O–H groups in total. The topological polar surface area (TPSA) is 87.3 Å². The summed E-state index contributed by atoms with van der Waals surface area (Å²) >= 11 is 5.90. The van der Waals surface area contributed by atoms with E-state index in [1.54, 1.807) is 25.1 Å². The fourth-order valence-corrected chi connectivity index (χ4v) is 3.74. The molecule has 9 heteroatoms. The summed E-state index contributed by atoms with van der Waals surface area (Å²) in [6, 6.07) is 8.15. The largest absolute Gasteiger partial charge is 0.360 e. The number of rotatable bonds is 2. The van der Waals surface area contributed by atoms with Crippen LogP contribution in [0.1, 0.15) is 5.56 Å². The Hall–Kier alpha value is -2.16. The highest BCUT2D eigenvalue weighted by atomic mass is 35.5. The van der Waals surface area contributed by atoms with Crippen LogP contribution < -0.4 is 15.4 Å². The van der Waals surface area contributed by atoms with Crippen LogP contribution in [0.2, 0.25) is 5.02 Å². The highest BCUT2D eigenvalue weighted by Crippen LogP contribution is 2.27. The maximum atomic E-state index is 13.3. The molecule has 2 aromatic rings. The van der Waals surface area contributed by atoms with Crippen LogP contribution in [-0.2, 0) is 14.8 Å². The van der Waals surface area contributed by atoms with Gasteiger partial charge in [0.15, 0.2) is 6.17 Å². The van der Waals surface area contributed by atoms with Crippen molar-refractivity contribution in [3.8, 4) is 0 Å². The summed E-state index contributed by atoms with van der Waals surface area (Å²) in [4.78, 5) is 12.3. The molecule has 0 spiro atoms. The van der Waals surface area contributed by atoms with Crippen LogP contribution in [0.15, 0.2) is 41.3 Å². The Labute approximate surface area is 143 Å². The number of sulfonamides is 1. The van der Waals surface area contributed by atoms with E-state index in [2.05, 4.69) is 15.4 Å². The van der Waals surface area contributed by atoms with Crippen molar-refractivity contribution in [2.75, 3.05) is 10.6 Å². The number of carbonyl (C=O) groups is 1. The number of hydrogen-bond acceptors (Lipinski definition) is 4.